The smallest absolute Gasteiger partial charge is 0.223 e. The van der Waals surface area contributed by atoms with Crippen molar-refractivity contribution in [2.45, 2.75) is 19.8 Å². The molecule has 0 spiro atoms. The zero-order valence-electron chi connectivity index (χ0n) is 19.7. The summed E-state index contributed by atoms with van der Waals surface area (Å²) in [4.78, 5) is 33.2. The van der Waals surface area contributed by atoms with Crippen LogP contribution in [0.2, 0.25) is 5.02 Å². The van der Waals surface area contributed by atoms with Crippen molar-refractivity contribution in [3.05, 3.63) is 83.6 Å². The number of rotatable bonds is 5. The van der Waals surface area contributed by atoms with Crippen molar-refractivity contribution in [2.24, 2.45) is 0 Å². The number of carbonyl (C=O) groups is 2. The van der Waals surface area contributed by atoms with Crippen LogP contribution in [0.3, 0.4) is 0 Å². The number of halogens is 1. The number of hydrogen-bond acceptors (Lipinski definition) is 3. The summed E-state index contributed by atoms with van der Waals surface area (Å²) in [6.45, 7) is 3.91. The van der Waals surface area contributed by atoms with Gasteiger partial charge in [-0.25, -0.2) is 4.98 Å². The number of pyridine rings is 1. The SMILES string of the molecule is CC(=O)N1CCN(C(=O)CCc2c(-c3ccccc3)nc3ccc(-c4ccccc4Cl)cn23)CC1. The van der Waals surface area contributed by atoms with Crippen LogP contribution in [0.15, 0.2) is 72.9 Å². The van der Waals surface area contributed by atoms with Gasteiger partial charge in [0.05, 0.1) is 11.4 Å². The minimum Gasteiger partial charge on any atom is -0.339 e. The van der Waals surface area contributed by atoms with Gasteiger partial charge < -0.3 is 14.2 Å². The van der Waals surface area contributed by atoms with Gasteiger partial charge in [-0.3, -0.25) is 9.59 Å². The van der Waals surface area contributed by atoms with E-state index in [1.165, 1.54) is 0 Å². The molecule has 1 fully saturated rings. The first-order valence-corrected chi connectivity index (χ1v) is 12.2. The molecule has 35 heavy (non-hydrogen) atoms. The van der Waals surface area contributed by atoms with E-state index in [1.807, 2.05) is 71.6 Å². The predicted octanol–water partition coefficient (Wildman–Crippen LogP) is 4.95. The highest BCUT2D eigenvalue weighted by Gasteiger charge is 2.23. The number of benzene rings is 2. The summed E-state index contributed by atoms with van der Waals surface area (Å²) < 4.78 is 2.09. The number of fused-ring (bicyclic) bond motifs is 1. The van der Waals surface area contributed by atoms with Gasteiger partial charge in [0.15, 0.2) is 0 Å². The molecule has 0 aliphatic carbocycles. The van der Waals surface area contributed by atoms with Crippen LogP contribution in [-0.2, 0) is 16.0 Å². The largest absolute Gasteiger partial charge is 0.339 e. The Bertz CT molecular complexity index is 1370. The van der Waals surface area contributed by atoms with Gasteiger partial charge in [-0.15, -0.1) is 0 Å². The van der Waals surface area contributed by atoms with Gasteiger partial charge in [-0.05, 0) is 30.2 Å². The molecule has 1 saturated heterocycles. The Labute approximate surface area is 209 Å². The lowest BCUT2D eigenvalue weighted by Crippen LogP contribution is -2.50. The van der Waals surface area contributed by atoms with E-state index in [2.05, 4.69) is 10.6 Å². The second-order valence-electron chi connectivity index (χ2n) is 8.79. The molecular weight excluding hydrogens is 460 g/mol. The van der Waals surface area contributed by atoms with Crippen LogP contribution < -0.4 is 0 Å². The minimum absolute atomic E-state index is 0.0599. The van der Waals surface area contributed by atoms with Gasteiger partial charge in [0, 0.05) is 61.9 Å². The summed E-state index contributed by atoms with van der Waals surface area (Å²) in [6, 6.07) is 21.9. The maximum absolute atomic E-state index is 13.1. The highest BCUT2D eigenvalue weighted by Crippen LogP contribution is 2.31. The average Bonchev–Trinajstić information content (AvgIpc) is 3.26. The molecule has 0 saturated carbocycles. The summed E-state index contributed by atoms with van der Waals surface area (Å²) in [5, 5.41) is 0.691. The molecule has 5 rings (SSSR count). The Hall–Kier alpha value is -3.64. The van der Waals surface area contributed by atoms with E-state index in [4.69, 9.17) is 16.6 Å². The first-order chi connectivity index (χ1) is 17.0. The topological polar surface area (TPSA) is 57.9 Å². The summed E-state index contributed by atoms with van der Waals surface area (Å²) in [6.07, 6.45) is 2.99. The van der Waals surface area contributed by atoms with Gasteiger partial charge in [0.1, 0.15) is 5.65 Å². The number of hydrogen-bond donors (Lipinski definition) is 0. The Morgan fingerprint density at radius 1 is 0.857 bits per heavy atom. The first-order valence-electron chi connectivity index (χ1n) is 11.9. The van der Waals surface area contributed by atoms with Crippen LogP contribution in [0.25, 0.3) is 28.0 Å². The third kappa shape index (κ3) is 4.80. The summed E-state index contributed by atoms with van der Waals surface area (Å²) in [5.41, 5.74) is 5.68. The fraction of sp³-hybridized carbons (Fsp3) is 0.250. The normalized spacial score (nSPS) is 13.9. The quantitative estimate of drug-likeness (QED) is 0.401. The zero-order valence-corrected chi connectivity index (χ0v) is 20.4. The Kier molecular flexibility index (Phi) is 6.55. The van der Waals surface area contributed by atoms with E-state index in [1.54, 1.807) is 11.8 Å². The molecule has 0 N–H and O–H groups in total. The fourth-order valence-corrected chi connectivity index (χ4v) is 4.91. The van der Waals surface area contributed by atoms with Crippen LogP contribution in [0, 0.1) is 0 Å². The first kappa shape index (κ1) is 23.1. The van der Waals surface area contributed by atoms with Gasteiger partial charge in [0.25, 0.3) is 0 Å². The van der Waals surface area contributed by atoms with Crippen molar-refractivity contribution in [3.8, 4) is 22.4 Å². The van der Waals surface area contributed by atoms with E-state index < -0.39 is 0 Å². The molecule has 1 aliphatic rings. The van der Waals surface area contributed by atoms with Crippen LogP contribution in [-0.4, -0.2) is 57.2 Å². The van der Waals surface area contributed by atoms with Crippen LogP contribution in [0.5, 0.6) is 0 Å². The number of amides is 2. The monoisotopic (exact) mass is 486 g/mol. The van der Waals surface area contributed by atoms with E-state index in [9.17, 15) is 9.59 Å². The van der Waals surface area contributed by atoms with Crippen molar-refractivity contribution >= 4 is 29.1 Å². The molecule has 178 valence electrons. The molecule has 2 aromatic carbocycles. The highest BCUT2D eigenvalue weighted by molar-refractivity contribution is 6.33. The van der Waals surface area contributed by atoms with E-state index >= 15 is 0 Å². The zero-order chi connectivity index (χ0) is 24.4. The molecule has 6 nitrogen and oxygen atoms in total. The van der Waals surface area contributed by atoms with Crippen LogP contribution in [0.1, 0.15) is 19.0 Å². The van der Waals surface area contributed by atoms with Crippen molar-refractivity contribution in [1.29, 1.82) is 0 Å². The molecule has 7 heteroatoms. The van der Waals surface area contributed by atoms with Crippen molar-refractivity contribution < 1.29 is 9.59 Å². The Morgan fingerprint density at radius 3 is 2.26 bits per heavy atom. The lowest BCUT2D eigenvalue weighted by Gasteiger charge is -2.34. The lowest BCUT2D eigenvalue weighted by atomic mass is 10.1. The molecule has 1 aliphatic heterocycles. The molecule has 0 bridgehead atoms. The molecule has 0 radical (unpaired) electrons. The van der Waals surface area contributed by atoms with Gasteiger partial charge >= 0.3 is 0 Å². The third-order valence-corrected chi connectivity index (χ3v) is 6.93. The number of nitrogens with zero attached hydrogens (tertiary/aromatic N) is 4. The van der Waals surface area contributed by atoms with E-state index in [0.717, 1.165) is 33.7 Å². The molecule has 0 unspecified atom stereocenters. The van der Waals surface area contributed by atoms with Gasteiger partial charge in [-0.1, -0.05) is 60.1 Å². The number of aryl methyl sites for hydroxylation is 1. The second kappa shape index (κ2) is 9.92. The third-order valence-electron chi connectivity index (χ3n) is 6.60. The molecule has 3 heterocycles. The standard InChI is InChI=1S/C28H27ClN4O2/c1-20(34)31-15-17-32(18-16-31)27(35)14-12-25-28(21-7-3-2-4-8-21)30-26-13-11-22(19-33(25)26)23-9-5-6-10-24(23)29/h2-11,13,19H,12,14-18H2,1H3. The van der Waals surface area contributed by atoms with E-state index in [0.29, 0.717) is 44.0 Å². The number of piperazine rings is 1. The van der Waals surface area contributed by atoms with Crippen LogP contribution in [0.4, 0.5) is 0 Å². The minimum atomic E-state index is 0.0599. The number of imidazole rings is 1. The number of aromatic nitrogens is 2. The van der Waals surface area contributed by atoms with Crippen molar-refractivity contribution in [3.63, 3.8) is 0 Å². The molecule has 2 amide bonds. The molecule has 0 atom stereocenters. The molecular formula is C28H27ClN4O2. The van der Waals surface area contributed by atoms with Gasteiger partial charge in [-0.2, -0.15) is 0 Å². The average molecular weight is 487 g/mol. The van der Waals surface area contributed by atoms with E-state index in [-0.39, 0.29) is 11.8 Å². The fourth-order valence-electron chi connectivity index (χ4n) is 4.67. The van der Waals surface area contributed by atoms with Crippen molar-refractivity contribution in [1.82, 2.24) is 19.2 Å². The Morgan fingerprint density at radius 2 is 1.54 bits per heavy atom. The number of carbonyl (C=O) groups excluding carboxylic acids is 2. The Balaban J connectivity index is 1.46. The maximum atomic E-state index is 13.1. The molecule has 2 aromatic heterocycles. The van der Waals surface area contributed by atoms with Crippen LogP contribution >= 0.6 is 11.6 Å². The summed E-state index contributed by atoms with van der Waals surface area (Å²) >= 11 is 6.47. The second-order valence-corrected chi connectivity index (χ2v) is 9.19. The predicted molar refractivity (Wildman–Crippen MR) is 138 cm³/mol. The van der Waals surface area contributed by atoms with Crippen molar-refractivity contribution in [2.75, 3.05) is 26.2 Å². The lowest BCUT2D eigenvalue weighted by molar-refractivity contribution is -0.138. The highest BCUT2D eigenvalue weighted by atomic mass is 35.5. The summed E-state index contributed by atoms with van der Waals surface area (Å²) in [5.74, 6) is 0.161. The molecule has 4 aromatic rings. The van der Waals surface area contributed by atoms with Gasteiger partial charge in [0.2, 0.25) is 11.8 Å². The maximum Gasteiger partial charge on any atom is 0.223 e. The summed E-state index contributed by atoms with van der Waals surface area (Å²) in [7, 11) is 0.